The lowest BCUT2D eigenvalue weighted by atomic mass is 10.2. The van der Waals surface area contributed by atoms with Gasteiger partial charge in [0.2, 0.25) is 10.0 Å². The number of fused-ring (bicyclic) bond motifs is 1. The molecule has 3 rings (SSSR count). The maximum atomic E-state index is 11.2. The molecule has 3 aromatic rings. The first-order valence-corrected chi connectivity index (χ1v) is 7.40. The Hall–Kier alpha value is -2.38. The van der Waals surface area contributed by atoms with E-state index in [-0.39, 0.29) is 4.90 Å². The zero-order valence-corrected chi connectivity index (χ0v) is 11.2. The molecule has 0 aliphatic carbocycles. The van der Waals surface area contributed by atoms with E-state index < -0.39 is 10.0 Å². The van der Waals surface area contributed by atoms with Gasteiger partial charge in [-0.3, -0.25) is 5.10 Å². The molecule has 0 fully saturated rings. The molecule has 0 amide bonds. The zero-order chi connectivity index (χ0) is 14.2. The van der Waals surface area contributed by atoms with Gasteiger partial charge in [-0.15, -0.1) is 0 Å². The fraction of sp³-hybridized carbons (Fsp3) is 0. The molecule has 0 aliphatic heterocycles. The molecule has 0 bridgehead atoms. The number of primary sulfonamides is 1. The van der Waals surface area contributed by atoms with Crippen LogP contribution in [0.3, 0.4) is 0 Å². The number of anilines is 2. The average molecular weight is 288 g/mol. The van der Waals surface area contributed by atoms with Gasteiger partial charge >= 0.3 is 0 Å². The number of hydrogen-bond acceptors (Lipinski definition) is 4. The van der Waals surface area contributed by atoms with Gasteiger partial charge in [0, 0.05) is 16.8 Å². The summed E-state index contributed by atoms with van der Waals surface area (Å²) < 4.78 is 22.3. The highest BCUT2D eigenvalue weighted by Crippen LogP contribution is 2.21. The van der Waals surface area contributed by atoms with E-state index in [1.807, 2.05) is 18.2 Å². The third-order valence-electron chi connectivity index (χ3n) is 2.91. The lowest BCUT2D eigenvalue weighted by molar-refractivity contribution is 0.598. The molecule has 0 atom stereocenters. The van der Waals surface area contributed by atoms with Crippen LogP contribution in [0, 0.1) is 0 Å². The van der Waals surface area contributed by atoms with Gasteiger partial charge in [-0.25, -0.2) is 13.6 Å². The first-order chi connectivity index (χ1) is 9.52. The van der Waals surface area contributed by atoms with Crippen LogP contribution in [-0.2, 0) is 10.0 Å². The molecule has 0 saturated carbocycles. The van der Waals surface area contributed by atoms with Gasteiger partial charge in [0.05, 0.1) is 16.6 Å². The van der Waals surface area contributed by atoms with Crippen LogP contribution < -0.4 is 10.5 Å². The average Bonchev–Trinajstić information content (AvgIpc) is 2.86. The number of rotatable bonds is 3. The Morgan fingerprint density at radius 3 is 2.45 bits per heavy atom. The number of nitrogens with zero attached hydrogens (tertiary/aromatic N) is 1. The number of hydrogen-bond donors (Lipinski definition) is 3. The maximum Gasteiger partial charge on any atom is 0.238 e. The van der Waals surface area contributed by atoms with Crippen LogP contribution in [0.4, 0.5) is 11.4 Å². The topological polar surface area (TPSA) is 101 Å². The summed E-state index contributed by atoms with van der Waals surface area (Å²) in [6, 6.07) is 12.0. The first-order valence-electron chi connectivity index (χ1n) is 5.85. The monoisotopic (exact) mass is 288 g/mol. The minimum Gasteiger partial charge on any atom is -0.355 e. The van der Waals surface area contributed by atoms with E-state index >= 15 is 0 Å². The Kier molecular flexibility index (Phi) is 2.92. The van der Waals surface area contributed by atoms with Crippen molar-refractivity contribution < 1.29 is 8.42 Å². The van der Waals surface area contributed by atoms with Crippen molar-refractivity contribution in [2.75, 3.05) is 5.32 Å². The summed E-state index contributed by atoms with van der Waals surface area (Å²) in [5, 5.41) is 16.1. The van der Waals surface area contributed by atoms with Crippen LogP contribution in [0.2, 0.25) is 0 Å². The molecule has 0 unspecified atom stereocenters. The lowest BCUT2D eigenvalue weighted by Gasteiger charge is -2.07. The van der Waals surface area contributed by atoms with E-state index in [2.05, 4.69) is 15.5 Å². The number of aromatic amines is 1. The Morgan fingerprint density at radius 2 is 1.75 bits per heavy atom. The van der Waals surface area contributed by atoms with Gasteiger partial charge in [0.15, 0.2) is 0 Å². The van der Waals surface area contributed by atoms with Crippen molar-refractivity contribution >= 4 is 32.3 Å². The second-order valence-corrected chi connectivity index (χ2v) is 5.93. The van der Waals surface area contributed by atoms with Crippen molar-refractivity contribution in [1.82, 2.24) is 10.2 Å². The Morgan fingerprint density at radius 1 is 1.05 bits per heavy atom. The molecule has 0 spiro atoms. The quantitative estimate of drug-likeness (QED) is 0.685. The third kappa shape index (κ3) is 2.49. The largest absolute Gasteiger partial charge is 0.355 e. The molecular weight excluding hydrogens is 276 g/mol. The summed E-state index contributed by atoms with van der Waals surface area (Å²) in [4.78, 5) is 0.0899. The minimum atomic E-state index is -3.65. The van der Waals surface area contributed by atoms with Crippen LogP contribution >= 0.6 is 0 Å². The van der Waals surface area contributed by atoms with Crippen molar-refractivity contribution in [2.45, 2.75) is 4.90 Å². The van der Waals surface area contributed by atoms with Crippen LogP contribution in [0.1, 0.15) is 0 Å². The second kappa shape index (κ2) is 4.62. The van der Waals surface area contributed by atoms with E-state index in [0.717, 1.165) is 22.3 Å². The van der Waals surface area contributed by atoms with Gasteiger partial charge in [0.25, 0.3) is 0 Å². The highest BCUT2D eigenvalue weighted by Gasteiger charge is 2.06. The van der Waals surface area contributed by atoms with Gasteiger partial charge in [-0.2, -0.15) is 5.10 Å². The summed E-state index contributed by atoms with van der Waals surface area (Å²) in [7, 11) is -3.65. The number of H-pyrrole nitrogens is 1. The SMILES string of the molecule is NS(=O)(=O)c1ccc(Nc2ccc3cn[nH]c3c2)cc1. The van der Waals surface area contributed by atoms with E-state index in [1.54, 1.807) is 18.3 Å². The Labute approximate surface area is 115 Å². The molecule has 0 saturated heterocycles. The summed E-state index contributed by atoms with van der Waals surface area (Å²) in [5.74, 6) is 0. The number of benzene rings is 2. The number of nitrogens with two attached hydrogens (primary N) is 1. The molecule has 7 heteroatoms. The highest BCUT2D eigenvalue weighted by atomic mass is 32.2. The van der Waals surface area contributed by atoms with Crippen molar-refractivity contribution in [3.63, 3.8) is 0 Å². The minimum absolute atomic E-state index is 0.0899. The summed E-state index contributed by atoms with van der Waals surface area (Å²) >= 11 is 0. The first kappa shape index (κ1) is 12.6. The number of sulfonamides is 1. The second-order valence-electron chi connectivity index (χ2n) is 4.37. The fourth-order valence-electron chi connectivity index (χ4n) is 1.91. The molecule has 2 aromatic carbocycles. The molecular formula is C13H12N4O2S. The third-order valence-corrected chi connectivity index (χ3v) is 3.84. The standard InChI is InChI=1S/C13H12N4O2S/c14-20(18,19)12-5-3-10(4-6-12)16-11-2-1-9-8-15-17-13(9)7-11/h1-8,16H,(H,15,17)(H2,14,18,19). The van der Waals surface area contributed by atoms with E-state index in [4.69, 9.17) is 5.14 Å². The van der Waals surface area contributed by atoms with Crippen LogP contribution in [-0.4, -0.2) is 18.6 Å². The van der Waals surface area contributed by atoms with E-state index in [1.165, 1.54) is 12.1 Å². The summed E-state index contributed by atoms with van der Waals surface area (Å²) in [6.07, 6.45) is 1.75. The smallest absolute Gasteiger partial charge is 0.238 e. The van der Waals surface area contributed by atoms with Crippen LogP contribution in [0.25, 0.3) is 10.9 Å². The molecule has 4 N–H and O–H groups in total. The van der Waals surface area contributed by atoms with Gasteiger partial charge in [-0.05, 0) is 42.5 Å². The molecule has 0 aliphatic rings. The van der Waals surface area contributed by atoms with Gasteiger partial charge in [0.1, 0.15) is 0 Å². The maximum absolute atomic E-state index is 11.2. The fourth-order valence-corrected chi connectivity index (χ4v) is 2.42. The van der Waals surface area contributed by atoms with Crippen molar-refractivity contribution in [1.29, 1.82) is 0 Å². The number of aromatic nitrogens is 2. The zero-order valence-electron chi connectivity index (χ0n) is 10.4. The molecule has 1 aromatic heterocycles. The van der Waals surface area contributed by atoms with E-state index in [9.17, 15) is 8.42 Å². The molecule has 102 valence electrons. The molecule has 1 heterocycles. The molecule has 0 radical (unpaired) electrons. The Bertz CT molecular complexity index is 853. The van der Waals surface area contributed by atoms with Crippen LogP contribution in [0.15, 0.2) is 53.6 Å². The van der Waals surface area contributed by atoms with Gasteiger partial charge in [-0.1, -0.05) is 0 Å². The predicted octanol–water partition coefficient (Wildman–Crippen LogP) is 1.95. The van der Waals surface area contributed by atoms with Crippen molar-refractivity contribution in [2.24, 2.45) is 5.14 Å². The molecule has 20 heavy (non-hydrogen) atoms. The highest BCUT2D eigenvalue weighted by molar-refractivity contribution is 7.89. The molecule has 6 nitrogen and oxygen atoms in total. The normalized spacial score (nSPS) is 11.7. The lowest BCUT2D eigenvalue weighted by Crippen LogP contribution is -2.11. The Balaban J connectivity index is 1.87. The van der Waals surface area contributed by atoms with Crippen molar-refractivity contribution in [3.05, 3.63) is 48.7 Å². The van der Waals surface area contributed by atoms with E-state index in [0.29, 0.717) is 0 Å². The number of nitrogens with one attached hydrogen (secondary N) is 2. The van der Waals surface area contributed by atoms with Crippen molar-refractivity contribution in [3.8, 4) is 0 Å². The summed E-state index contributed by atoms with van der Waals surface area (Å²) in [5.41, 5.74) is 2.58. The van der Waals surface area contributed by atoms with Gasteiger partial charge < -0.3 is 5.32 Å². The predicted molar refractivity (Wildman–Crippen MR) is 77.2 cm³/mol. The van der Waals surface area contributed by atoms with Crippen LogP contribution in [0.5, 0.6) is 0 Å². The summed E-state index contributed by atoms with van der Waals surface area (Å²) in [6.45, 7) is 0.